The molecule has 0 aromatic heterocycles. The van der Waals surface area contributed by atoms with E-state index in [1.165, 1.54) is 10.7 Å². The Morgan fingerprint density at radius 2 is 1.68 bits per heavy atom. The van der Waals surface area contributed by atoms with Gasteiger partial charge in [-0.2, -0.15) is 0 Å². The monoisotopic (exact) mass is 547 g/mol. The largest absolute Gasteiger partial charge is 0.352 e. The van der Waals surface area contributed by atoms with Crippen LogP contribution in [0.3, 0.4) is 0 Å². The highest BCUT2D eigenvalue weighted by atomic mass is 35.5. The number of nitrogens with one attached hydrogen (secondary N) is 1. The molecule has 7 nitrogen and oxygen atoms in total. The lowest BCUT2D eigenvalue weighted by Gasteiger charge is -2.33. The van der Waals surface area contributed by atoms with Gasteiger partial charge in [0.15, 0.2) is 0 Å². The zero-order chi connectivity index (χ0) is 26.8. The van der Waals surface area contributed by atoms with Crippen molar-refractivity contribution in [3.8, 4) is 0 Å². The van der Waals surface area contributed by atoms with Crippen LogP contribution >= 0.6 is 11.6 Å². The molecule has 1 saturated carbocycles. The first-order chi connectivity index (χ1) is 17.7. The van der Waals surface area contributed by atoms with Crippen molar-refractivity contribution in [2.75, 3.05) is 17.1 Å². The summed E-state index contributed by atoms with van der Waals surface area (Å²) in [5, 5.41) is 3.78. The van der Waals surface area contributed by atoms with Gasteiger partial charge in [0.05, 0.1) is 11.9 Å². The van der Waals surface area contributed by atoms with Crippen LogP contribution in [0.5, 0.6) is 0 Å². The van der Waals surface area contributed by atoms with Gasteiger partial charge in [0, 0.05) is 30.6 Å². The van der Waals surface area contributed by atoms with Crippen LogP contribution in [0.25, 0.3) is 0 Å². The zero-order valence-corrected chi connectivity index (χ0v) is 23.3. The van der Waals surface area contributed by atoms with Gasteiger partial charge in [0.25, 0.3) is 0 Å². The van der Waals surface area contributed by atoms with Crippen LogP contribution in [-0.4, -0.2) is 50.0 Å². The molecule has 0 bridgehead atoms. The third kappa shape index (κ3) is 8.75. The number of nitrogens with zero attached hydrogens (tertiary/aromatic N) is 2. The molecule has 1 N–H and O–H groups in total. The molecule has 37 heavy (non-hydrogen) atoms. The van der Waals surface area contributed by atoms with Crippen LogP contribution in [0.4, 0.5) is 5.69 Å². The number of benzene rings is 2. The second kappa shape index (κ2) is 13.8. The fourth-order valence-electron chi connectivity index (χ4n) is 4.85. The molecular weight excluding hydrogens is 510 g/mol. The Hall–Kier alpha value is -2.58. The standard InChI is InChI=1S/C28H38ClN3O4S/c1-3-26(28(34)30-24-11-6-4-7-12-24)31(21-22-16-18-23(29)19-17-22)27(33)15-10-20-32(37(2,35)36)25-13-8-5-9-14-25/h5,8-9,13-14,16-19,24,26H,3-4,6-7,10-12,15,20-21H2,1-2H3,(H,30,34)/t26-/m1/s1. The molecule has 0 radical (unpaired) electrons. The molecule has 2 aromatic carbocycles. The Morgan fingerprint density at radius 3 is 2.27 bits per heavy atom. The summed E-state index contributed by atoms with van der Waals surface area (Å²) in [5.41, 5.74) is 1.44. The van der Waals surface area contributed by atoms with Crippen molar-refractivity contribution in [2.45, 2.75) is 76.9 Å². The number of amides is 2. The molecule has 0 aliphatic heterocycles. The van der Waals surface area contributed by atoms with Crippen molar-refractivity contribution >= 4 is 39.1 Å². The molecular formula is C28H38ClN3O4S. The van der Waals surface area contributed by atoms with Gasteiger partial charge < -0.3 is 10.2 Å². The van der Waals surface area contributed by atoms with Gasteiger partial charge >= 0.3 is 0 Å². The van der Waals surface area contributed by atoms with E-state index in [-0.39, 0.29) is 37.4 Å². The molecule has 0 heterocycles. The molecule has 0 spiro atoms. The summed E-state index contributed by atoms with van der Waals surface area (Å²) in [6, 6.07) is 15.7. The SMILES string of the molecule is CC[C@H](C(=O)NC1CCCCC1)N(Cc1ccc(Cl)cc1)C(=O)CCCN(c1ccccc1)S(C)(=O)=O. The fraction of sp³-hybridized carbons (Fsp3) is 0.500. The van der Waals surface area contributed by atoms with E-state index in [2.05, 4.69) is 5.32 Å². The number of hydrogen-bond acceptors (Lipinski definition) is 4. The van der Waals surface area contributed by atoms with Crippen molar-refractivity contribution in [2.24, 2.45) is 0 Å². The maximum absolute atomic E-state index is 13.5. The van der Waals surface area contributed by atoms with Gasteiger partial charge in [-0.3, -0.25) is 13.9 Å². The number of anilines is 1. The average molecular weight is 548 g/mol. The van der Waals surface area contributed by atoms with Gasteiger partial charge in [-0.1, -0.05) is 68.1 Å². The summed E-state index contributed by atoms with van der Waals surface area (Å²) >= 11 is 6.05. The number of halogens is 1. The van der Waals surface area contributed by atoms with E-state index in [1.54, 1.807) is 41.3 Å². The maximum Gasteiger partial charge on any atom is 0.243 e. The Kier molecular flexibility index (Phi) is 10.8. The zero-order valence-electron chi connectivity index (χ0n) is 21.7. The number of hydrogen-bond donors (Lipinski definition) is 1. The van der Waals surface area contributed by atoms with Crippen molar-refractivity contribution < 1.29 is 18.0 Å². The Bertz CT molecular complexity index is 1120. The summed E-state index contributed by atoms with van der Waals surface area (Å²) in [5.74, 6) is -0.305. The van der Waals surface area contributed by atoms with E-state index >= 15 is 0 Å². The van der Waals surface area contributed by atoms with E-state index in [0.717, 1.165) is 37.5 Å². The highest BCUT2D eigenvalue weighted by Gasteiger charge is 2.30. The second-order valence-electron chi connectivity index (χ2n) is 9.69. The minimum absolute atomic E-state index is 0.125. The van der Waals surface area contributed by atoms with Gasteiger partial charge in [-0.15, -0.1) is 0 Å². The molecule has 2 aromatic rings. The van der Waals surface area contributed by atoms with Crippen LogP contribution < -0.4 is 9.62 Å². The molecule has 0 saturated heterocycles. The van der Waals surface area contributed by atoms with E-state index in [0.29, 0.717) is 23.6 Å². The van der Waals surface area contributed by atoms with Crippen LogP contribution in [0.2, 0.25) is 5.02 Å². The Balaban J connectivity index is 1.74. The third-order valence-electron chi connectivity index (χ3n) is 6.80. The summed E-state index contributed by atoms with van der Waals surface area (Å²) in [4.78, 5) is 28.5. The lowest BCUT2D eigenvalue weighted by Crippen LogP contribution is -2.51. The van der Waals surface area contributed by atoms with Crippen molar-refractivity contribution in [1.82, 2.24) is 10.2 Å². The lowest BCUT2D eigenvalue weighted by atomic mass is 9.95. The molecule has 1 atom stereocenters. The Labute approximate surface area is 226 Å². The summed E-state index contributed by atoms with van der Waals surface area (Å²) in [6.45, 7) is 2.36. The minimum Gasteiger partial charge on any atom is -0.352 e. The quantitative estimate of drug-likeness (QED) is 0.398. The molecule has 202 valence electrons. The fourth-order valence-corrected chi connectivity index (χ4v) is 5.94. The van der Waals surface area contributed by atoms with E-state index in [9.17, 15) is 18.0 Å². The van der Waals surface area contributed by atoms with Crippen LogP contribution in [0.1, 0.15) is 63.9 Å². The molecule has 1 fully saturated rings. The topological polar surface area (TPSA) is 86.8 Å². The molecule has 2 amide bonds. The lowest BCUT2D eigenvalue weighted by molar-refractivity contribution is -0.141. The second-order valence-corrected chi connectivity index (χ2v) is 12.0. The first kappa shape index (κ1) is 29.0. The third-order valence-corrected chi connectivity index (χ3v) is 8.25. The van der Waals surface area contributed by atoms with Gasteiger partial charge in [-0.25, -0.2) is 8.42 Å². The number of carbonyl (C=O) groups is 2. The van der Waals surface area contributed by atoms with Gasteiger partial charge in [0.1, 0.15) is 6.04 Å². The number of rotatable bonds is 12. The first-order valence-electron chi connectivity index (χ1n) is 13.1. The van der Waals surface area contributed by atoms with E-state index in [1.807, 2.05) is 25.1 Å². The van der Waals surface area contributed by atoms with Crippen LogP contribution in [0, 0.1) is 0 Å². The highest BCUT2D eigenvalue weighted by molar-refractivity contribution is 7.92. The van der Waals surface area contributed by atoms with Crippen molar-refractivity contribution in [1.29, 1.82) is 0 Å². The van der Waals surface area contributed by atoms with Crippen LogP contribution in [0.15, 0.2) is 54.6 Å². The van der Waals surface area contributed by atoms with Gasteiger partial charge in [0.2, 0.25) is 21.8 Å². The number of sulfonamides is 1. The molecule has 1 aliphatic carbocycles. The van der Waals surface area contributed by atoms with Crippen molar-refractivity contribution in [3.63, 3.8) is 0 Å². The molecule has 0 unspecified atom stereocenters. The number of carbonyl (C=O) groups excluding carboxylic acids is 2. The average Bonchev–Trinajstić information content (AvgIpc) is 2.88. The first-order valence-corrected chi connectivity index (χ1v) is 15.3. The number of para-hydroxylation sites is 1. The molecule has 9 heteroatoms. The molecule has 3 rings (SSSR count). The Morgan fingerprint density at radius 1 is 1.03 bits per heavy atom. The van der Waals surface area contributed by atoms with Crippen molar-refractivity contribution in [3.05, 3.63) is 65.2 Å². The normalized spacial score (nSPS) is 15.1. The summed E-state index contributed by atoms with van der Waals surface area (Å²) in [6.07, 6.45) is 7.44. The predicted molar refractivity (Wildman–Crippen MR) is 149 cm³/mol. The minimum atomic E-state index is -3.51. The summed E-state index contributed by atoms with van der Waals surface area (Å²) < 4.78 is 26.1. The smallest absolute Gasteiger partial charge is 0.243 e. The van der Waals surface area contributed by atoms with Gasteiger partial charge in [-0.05, 0) is 55.5 Å². The summed E-state index contributed by atoms with van der Waals surface area (Å²) in [7, 11) is -3.51. The predicted octanol–water partition coefficient (Wildman–Crippen LogP) is 5.14. The molecule has 1 aliphatic rings. The van der Waals surface area contributed by atoms with Crippen LogP contribution in [-0.2, 0) is 26.2 Å². The maximum atomic E-state index is 13.5. The highest BCUT2D eigenvalue weighted by Crippen LogP contribution is 2.21. The van der Waals surface area contributed by atoms with E-state index in [4.69, 9.17) is 11.6 Å². The van der Waals surface area contributed by atoms with E-state index < -0.39 is 16.1 Å².